The zero-order valence-corrected chi connectivity index (χ0v) is 17.2. The quantitative estimate of drug-likeness (QED) is 0.511. The normalized spacial score (nSPS) is 15.7. The molecule has 1 saturated heterocycles. The summed E-state index contributed by atoms with van der Waals surface area (Å²) in [4.78, 5) is 30.3. The Balaban J connectivity index is 1.66. The molecule has 1 aliphatic heterocycles. The van der Waals surface area contributed by atoms with Crippen molar-refractivity contribution in [2.75, 3.05) is 11.9 Å². The third-order valence-electron chi connectivity index (χ3n) is 3.39. The molecule has 0 aliphatic carbocycles. The SMILES string of the molecule is O=C(CCN1C(=O)/C(=C/c2cc(Br)ccc2O)SC1=S)Nc1nccs1. The van der Waals surface area contributed by atoms with Crippen LogP contribution >= 0.6 is 51.2 Å². The van der Waals surface area contributed by atoms with Gasteiger partial charge in [0, 0.05) is 34.6 Å². The fraction of sp³-hybridized carbons (Fsp3) is 0.125. The minimum Gasteiger partial charge on any atom is -0.507 e. The van der Waals surface area contributed by atoms with E-state index >= 15 is 0 Å². The Bertz CT molecular complexity index is 899. The van der Waals surface area contributed by atoms with E-state index in [-0.39, 0.29) is 30.5 Å². The van der Waals surface area contributed by atoms with Gasteiger partial charge in [-0.2, -0.15) is 0 Å². The maximum atomic E-state index is 12.6. The number of thiazole rings is 1. The first kappa shape index (κ1) is 19.0. The first-order valence-corrected chi connectivity index (χ1v) is 10.3. The highest BCUT2D eigenvalue weighted by Crippen LogP contribution is 2.34. The number of nitrogens with one attached hydrogen (secondary N) is 1. The summed E-state index contributed by atoms with van der Waals surface area (Å²) in [6, 6.07) is 4.96. The number of aromatic nitrogens is 1. The zero-order chi connectivity index (χ0) is 18.7. The van der Waals surface area contributed by atoms with Gasteiger partial charge in [0.25, 0.3) is 5.91 Å². The molecule has 1 aromatic heterocycles. The van der Waals surface area contributed by atoms with Crippen molar-refractivity contribution in [2.45, 2.75) is 6.42 Å². The Hall–Kier alpha value is -1.75. The Labute approximate surface area is 171 Å². The molecule has 2 N–H and O–H groups in total. The van der Waals surface area contributed by atoms with Crippen LogP contribution in [0.15, 0.2) is 39.2 Å². The molecule has 1 fully saturated rings. The molecule has 0 spiro atoms. The summed E-state index contributed by atoms with van der Waals surface area (Å²) in [5.74, 6) is -0.440. The molecule has 1 aromatic carbocycles. The molecule has 10 heteroatoms. The molecule has 1 aliphatic rings. The number of amides is 2. The molecular weight excluding hydrogens is 458 g/mol. The van der Waals surface area contributed by atoms with Crippen LogP contribution in [0.25, 0.3) is 6.08 Å². The third-order valence-corrected chi connectivity index (χ3v) is 5.95. The lowest BCUT2D eigenvalue weighted by molar-refractivity contribution is -0.122. The van der Waals surface area contributed by atoms with E-state index in [9.17, 15) is 14.7 Å². The van der Waals surface area contributed by atoms with E-state index in [0.29, 0.717) is 19.9 Å². The van der Waals surface area contributed by atoms with Gasteiger partial charge >= 0.3 is 0 Å². The summed E-state index contributed by atoms with van der Waals surface area (Å²) in [6.07, 6.45) is 3.31. The molecule has 2 aromatic rings. The van der Waals surface area contributed by atoms with Gasteiger partial charge < -0.3 is 10.4 Å². The monoisotopic (exact) mass is 469 g/mol. The summed E-state index contributed by atoms with van der Waals surface area (Å²) in [7, 11) is 0. The van der Waals surface area contributed by atoms with E-state index in [4.69, 9.17) is 12.2 Å². The number of carbonyl (C=O) groups excluding carboxylic acids is 2. The average Bonchev–Trinajstić information content (AvgIpc) is 3.18. The Kier molecular flexibility index (Phi) is 6.07. The largest absolute Gasteiger partial charge is 0.507 e. The number of anilines is 1. The summed E-state index contributed by atoms with van der Waals surface area (Å²) in [5, 5.41) is 14.9. The van der Waals surface area contributed by atoms with E-state index < -0.39 is 0 Å². The van der Waals surface area contributed by atoms with Crippen molar-refractivity contribution in [3.05, 3.63) is 44.7 Å². The molecule has 2 amide bonds. The minimum atomic E-state index is -0.276. The van der Waals surface area contributed by atoms with E-state index in [1.165, 1.54) is 16.2 Å². The first-order chi connectivity index (χ1) is 12.4. The van der Waals surface area contributed by atoms with Gasteiger partial charge in [-0.05, 0) is 24.3 Å². The number of halogens is 1. The highest BCUT2D eigenvalue weighted by molar-refractivity contribution is 9.10. The van der Waals surface area contributed by atoms with Gasteiger partial charge in [0.2, 0.25) is 5.91 Å². The van der Waals surface area contributed by atoms with E-state index in [2.05, 4.69) is 26.2 Å². The van der Waals surface area contributed by atoms with Gasteiger partial charge in [0.05, 0.1) is 4.91 Å². The van der Waals surface area contributed by atoms with Crippen LogP contribution < -0.4 is 5.32 Å². The Morgan fingerprint density at radius 1 is 1.46 bits per heavy atom. The number of thiocarbonyl (C=S) groups is 1. The molecule has 134 valence electrons. The molecule has 0 saturated carbocycles. The van der Waals surface area contributed by atoms with Crippen LogP contribution in [0.5, 0.6) is 5.75 Å². The van der Waals surface area contributed by atoms with Gasteiger partial charge in [-0.15, -0.1) is 11.3 Å². The van der Waals surface area contributed by atoms with Gasteiger partial charge in [-0.3, -0.25) is 14.5 Å². The molecule has 0 atom stereocenters. The number of aromatic hydroxyl groups is 1. The van der Waals surface area contributed by atoms with Crippen molar-refractivity contribution < 1.29 is 14.7 Å². The number of rotatable bonds is 5. The maximum absolute atomic E-state index is 12.6. The van der Waals surface area contributed by atoms with Crippen LogP contribution in [0, 0.1) is 0 Å². The topological polar surface area (TPSA) is 82.5 Å². The van der Waals surface area contributed by atoms with E-state index in [0.717, 1.165) is 16.2 Å². The Morgan fingerprint density at radius 2 is 2.27 bits per heavy atom. The van der Waals surface area contributed by atoms with Crippen molar-refractivity contribution >= 4 is 78.6 Å². The maximum Gasteiger partial charge on any atom is 0.266 e. The van der Waals surface area contributed by atoms with Crippen LogP contribution in [0.3, 0.4) is 0 Å². The molecule has 0 radical (unpaired) electrons. The fourth-order valence-electron chi connectivity index (χ4n) is 2.16. The van der Waals surface area contributed by atoms with Crippen molar-refractivity contribution in [3.63, 3.8) is 0 Å². The predicted molar refractivity (Wildman–Crippen MR) is 111 cm³/mol. The van der Waals surface area contributed by atoms with Crippen molar-refractivity contribution in [1.29, 1.82) is 0 Å². The number of hydrogen-bond donors (Lipinski definition) is 2. The summed E-state index contributed by atoms with van der Waals surface area (Å²) >= 11 is 11.1. The van der Waals surface area contributed by atoms with Gasteiger partial charge in [-0.1, -0.05) is 39.9 Å². The van der Waals surface area contributed by atoms with Gasteiger partial charge in [0.15, 0.2) is 5.13 Å². The summed E-state index contributed by atoms with van der Waals surface area (Å²) in [6.45, 7) is 0.184. The number of nitrogens with zero attached hydrogens (tertiary/aromatic N) is 2. The highest BCUT2D eigenvalue weighted by atomic mass is 79.9. The van der Waals surface area contributed by atoms with Gasteiger partial charge in [0.1, 0.15) is 10.1 Å². The van der Waals surface area contributed by atoms with Crippen LogP contribution in [0.2, 0.25) is 0 Å². The molecule has 3 rings (SSSR count). The third kappa shape index (κ3) is 4.50. The number of carbonyl (C=O) groups is 2. The molecule has 6 nitrogen and oxygen atoms in total. The second kappa shape index (κ2) is 8.30. The second-order valence-electron chi connectivity index (χ2n) is 5.17. The zero-order valence-electron chi connectivity index (χ0n) is 13.1. The predicted octanol–water partition coefficient (Wildman–Crippen LogP) is 3.84. The highest BCUT2D eigenvalue weighted by Gasteiger charge is 2.32. The lowest BCUT2D eigenvalue weighted by Crippen LogP contribution is -2.31. The van der Waals surface area contributed by atoms with Crippen LogP contribution in [-0.2, 0) is 9.59 Å². The lowest BCUT2D eigenvalue weighted by Gasteiger charge is -2.13. The second-order valence-corrected chi connectivity index (χ2v) is 8.66. The number of phenols is 1. The van der Waals surface area contributed by atoms with Crippen LogP contribution in [-0.4, -0.2) is 37.7 Å². The number of phenolic OH excluding ortho intramolecular Hbond substituents is 1. The average molecular weight is 470 g/mol. The number of thioether (sulfide) groups is 1. The van der Waals surface area contributed by atoms with Crippen LogP contribution in [0.1, 0.15) is 12.0 Å². The molecule has 0 unspecified atom stereocenters. The smallest absolute Gasteiger partial charge is 0.266 e. The molecule has 2 heterocycles. The van der Waals surface area contributed by atoms with Crippen LogP contribution in [0.4, 0.5) is 5.13 Å². The van der Waals surface area contributed by atoms with E-state index in [1.807, 2.05) is 0 Å². The standard InChI is InChI=1S/C16H12BrN3O3S3/c17-10-1-2-11(21)9(7-10)8-12-14(23)20(16(24)26-12)5-3-13(22)19-15-18-4-6-25-15/h1-2,4,6-8,21H,3,5H2,(H,18,19,22)/b12-8-. The Morgan fingerprint density at radius 3 is 3.00 bits per heavy atom. The van der Waals surface area contributed by atoms with Crippen molar-refractivity contribution in [2.24, 2.45) is 0 Å². The van der Waals surface area contributed by atoms with E-state index in [1.54, 1.807) is 35.9 Å². The lowest BCUT2D eigenvalue weighted by atomic mass is 10.2. The first-order valence-electron chi connectivity index (χ1n) is 7.37. The molecular formula is C16H12BrN3O3S3. The molecule has 0 bridgehead atoms. The summed E-state index contributed by atoms with van der Waals surface area (Å²) < 4.78 is 1.17. The fourth-order valence-corrected chi connectivity index (χ4v) is 4.38. The van der Waals surface area contributed by atoms with Crippen molar-refractivity contribution in [1.82, 2.24) is 9.88 Å². The minimum absolute atomic E-state index is 0.0706. The molecule has 26 heavy (non-hydrogen) atoms. The number of benzene rings is 1. The van der Waals surface area contributed by atoms with Crippen molar-refractivity contribution in [3.8, 4) is 5.75 Å². The number of hydrogen-bond acceptors (Lipinski definition) is 7. The van der Waals surface area contributed by atoms with Gasteiger partial charge in [-0.25, -0.2) is 4.98 Å². The summed E-state index contributed by atoms with van der Waals surface area (Å²) in [5.41, 5.74) is 0.515.